The van der Waals surface area contributed by atoms with Crippen LogP contribution in [0.3, 0.4) is 0 Å². The van der Waals surface area contributed by atoms with Crippen LogP contribution in [0.5, 0.6) is 0 Å². The van der Waals surface area contributed by atoms with Crippen LogP contribution in [0.2, 0.25) is 0 Å². The molecule has 0 spiro atoms. The van der Waals surface area contributed by atoms with Crippen molar-refractivity contribution in [3.8, 4) is 5.69 Å². The van der Waals surface area contributed by atoms with Gasteiger partial charge in [-0.15, -0.1) is 0 Å². The van der Waals surface area contributed by atoms with E-state index in [0.29, 0.717) is 0 Å². The lowest BCUT2D eigenvalue weighted by Crippen LogP contribution is -2.14. The molecule has 2 aromatic rings. The van der Waals surface area contributed by atoms with E-state index in [1.165, 1.54) is 12.1 Å². The molecule has 0 saturated heterocycles. The third-order valence-corrected chi connectivity index (χ3v) is 3.46. The van der Waals surface area contributed by atoms with Gasteiger partial charge in [-0.05, 0) is 32.0 Å². The molecule has 0 amide bonds. The highest BCUT2D eigenvalue weighted by molar-refractivity contribution is 6.04. The molecule has 1 heterocycles. The number of nitrogens with two attached hydrogens (primary N) is 1. The van der Waals surface area contributed by atoms with Crippen molar-refractivity contribution >= 4 is 17.6 Å². The van der Waals surface area contributed by atoms with Gasteiger partial charge in [-0.25, -0.2) is 9.59 Å². The summed E-state index contributed by atoms with van der Waals surface area (Å²) in [5.41, 5.74) is 4.38. The van der Waals surface area contributed by atoms with E-state index < -0.39 is 23.7 Å². The lowest BCUT2D eigenvalue weighted by molar-refractivity contribution is -0.137. The zero-order valence-corrected chi connectivity index (χ0v) is 14.1. The standard InChI is InChI=1S/C17H17F3N2O4/c1-3-25-15(23)12-9-22(14(13(12)21)16(24)26-4-2)11-7-5-6-10(8-11)17(18,19)20/h5-9H,3-4,21H2,1-2H3. The Hall–Kier alpha value is -2.97. The zero-order chi connectivity index (χ0) is 19.5. The number of alkyl halides is 3. The lowest BCUT2D eigenvalue weighted by atomic mass is 10.2. The molecule has 6 nitrogen and oxygen atoms in total. The second-order valence-corrected chi connectivity index (χ2v) is 5.16. The highest BCUT2D eigenvalue weighted by Gasteiger charge is 2.31. The Morgan fingerprint density at radius 2 is 1.73 bits per heavy atom. The van der Waals surface area contributed by atoms with Gasteiger partial charge in [-0.1, -0.05) is 6.07 Å². The van der Waals surface area contributed by atoms with Crippen LogP contribution in [0.1, 0.15) is 40.3 Å². The Balaban J connectivity index is 2.65. The maximum Gasteiger partial charge on any atom is 0.416 e. The van der Waals surface area contributed by atoms with E-state index in [4.69, 9.17) is 15.2 Å². The normalized spacial score (nSPS) is 11.3. The highest BCUT2D eigenvalue weighted by Crippen LogP contribution is 2.32. The number of hydrogen-bond donors (Lipinski definition) is 1. The van der Waals surface area contributed by atoms with Crippen LogP contribution in [0.4, 0.5) is 18.9 Å². The molecule has 140 valence electrons. The van der Waals surface area contributed by atoms with Crippen molar-refractivity contribution in [1.82, 2.24) is 4.57 Å². The summed E-state index contributed by atoms with van der Waals surface area (Å²) in [7, 11) is 0. The van der Waals surface area contributed by atoms with Crippen LogP contribution in [0.25, 0.3) is 5.69 Å². The summed E-state index contributed by atoms with van der Waals surface area (Å²) in [5, 5.41) is 0. The molecule has 1 aromatic heterocycles. The van der Waals surface area contributed by atoms with Gasteiger partial charge in [0.15, 0.2) is 5.69 Å². The predicted octanol–water partition coefficient (Wildman–Crippen LogP) is 3.43. The van der Waals surface area contributed by atoms with Gasteiger partial charge in [-0.2, -0.15) is 13.2 Å². The minimum absolute atomic E-state index is 0.00475. The molecule has 0 atom stereocenters. The molecule has 0 saturated carbocycles. The third-order valence-electron chi connectivity index (χ3n) is 3.46. The lowest BCUT2D eigenvalue weighted by Gasteiger charge is -2.12. The van der Waals surface area contributed by atoms with Crippen molar-refractivity contribution in [2.45, 2.75) is 20.0 Å². The Bertz CT molecular complexity index is 828. The Labute approximate surface area is 147 Å². The number of hydrogen-bond acceptors (Lipinski definition) is 5. The van der Waals surface area contributed by atoms with Crippen molar-refractivity contribution in [2.75, 3.05) is 18.9 Å². The Morgan fingerprint density at radius 3 is 2.31 bits per heavy atom. The molecule has 2 N–H and O–H groups in total. The van der Waals surface area contributed by atoms with Gasteiger partial charge in [0.05, 0.1) is 24.5 Å². The number of ether oxygens (including phenoxy) is 2. The molecular weight excluding hydrogens is 353 g/mol. The van der Waals surface area contributed by atoms with Crippen molar-refractivity contribution in [2.24, 2.45) is 0 Å². The number of halogens is 3. The average Bonchev–Trinajstić information content (AvgIpc) is 2.92. The maximum atomic E-state index is 13.0. The van der Waals surface area contributed by atoms with Gasteiger partial charge in [0.1, 0.15) is 5.56 Å². The molecule has 0 aliphatic rings. The van der Waals surface area contributed by atoms with Crippen molar-refractivity contribution in [3.63, 3.8) is 0 Å². The molecule has 1 aromatic carbocycles. The topological polar surface area (TPSA) is 83.5 Å². The molecule has 0 fully saturated rings. The quantitative estimate of drug-likeness (QED) is 0.816. The van der Waals surface area contributed by atoms with E-state index in [9.17, 15) is 22.8 Å². The minimum atomic E-state index is -4.57. The summed E-state index contributed by atoms with van der Waals surface area (Å²) in [4.78, 5) is 24.3. The number of nitrogen functional groups attached to an aromatic ring is 1. The molecule has 2 rings (SSSR count). The molecule has 9 heteroatoms. The molecule has 0 bridgehead atoms. The van der Waals surface area contributed by atoms with E-state index in [2.05, 4.69) is 0 Å². The van der Waals surface area contributed by atoms with Crippen molar-refractivity contribution in [3.05, 3.63) is 47.3 Å². The first-order valence-electron chi connectivity index (χ1n) is 7.73. The highest BCUT2D eigenvalue weighted by atomic mass is 19.4. The summed E-state index contributed by atoms with van der Waals surface area (Å²) in [5.74, 6) is -1.65. The molecule has 0 aliphatic heterocycles. The van der Waals surface area contributed by atoms with Crippen LogP contribution >= 0.6 is 0 Å². The number of anilines is 1. The van der Waals surface area contributed by atoms with Gasteiger partial charge in [0.25, 0.3) is 0 Å². The van der Waals surface area contributed by atoms with Crippen molar-refractivity contribution < 1.29 is 32.2 Å². The number of benzene rings is 1. The Morgan fingerprint density at radius 1 is 1.12 bits per heavy atom. The van der Waals surface area contributed by atoms with Gasteiger partial charge in [0.2, 0.25) is 0 Å². The fraction of sp³-hybridized carbons (Fsp3) is 0.294. The van der Waals surface area contributed by atoms with Crippen LogP contribution in [0.15, 0.2) is 30.5 Å². The van der Waals surface area contributed by atoms with Gasteiger partial charge in [0, 0.05) is 11.9 Å². The zero-order valence-electron chi connectivity index (χ0n) is 14.1. The number of carbonyl (C=O) groups is 2. The Kier molecular flexibility index (Phi) is 5.59. The molecule has 0 unspecified atom stereocenters. The summed E-state index contributed by atoms with van der Waals surface area (Å²) in [6.07, 6.45) is -3.40. The number of esters is 2. The van der Waals surface area contributed by atoms with E-state index in [1.54, 1.807) is 13.8 Å². The average molecular weight is 370 g/mol. The van der Waals surface area contributed by atoms with E-state index in [0.717, 1.165) is 22.9 Å². The van der Waals surface area contributed by atoms with Crippen LogP contribution in [-0.4, -0.2) is 29.7 Å². The minimum Gasteiger partial charge on any atom is -0.462 e. The second-order valence-electron chi connectivity index (χ2n) is 5.16. The van der Waals surface area contributed by atoms with Gasteiger partial charge < -0.3 is 19.8 Å². The number of rotatable bonds is 5. The van der Waals surface area contributed by atoms with E-state index in [-0.39, 0.29) is 35.8 Å². The van der Waals surface area contributed by atoms with Crippen LogP contribution in [0, 0.1) is 0 Å². The monoisotopic (exact) mass is 370 g/mol. The van der Waals surface area contributed by atoms with E-state index >= 15 is 0 Å². The second kappa shape index (κ2) is 7.51. The number of carbonyl (C=O) groups excluding carboxylic acids is 2. The first kappa shape index (κ1) is 19.4. The molecule has 0 radical (unpaired) electrons. The summed E-state index contributed by atoms with van der Waals surface area (Å²) < 4.78 is 49.8. The van der Waals surface area contributed by atoms with Crippen LogP contribution in [-0.2, 0) is 15.7 Å². The molecule has 0 aliphatic carbocycles. The first-order chi connectivity index (χ1) is 12.2. The van der Waals surface area contributed by atoms with Crippen molar-refractivity contribution in [1.29, 1.82) is 0 Å². The fourth-order valence-electron chi connectivity index (χ4n) is 2.34. The molecule has 26 heavy (non-hydrogen) atoms. The van der Waals surface area contributed by atoms with Gasteiger partial charge in [-0.3, -0.25) is 0 Å². The van der Waals surface area contributed by atoms with Gasteiger partial charge >= 0.3 is 18.1 Å². The first-order valence-corrected chi connectivity index (χ1v) is 7.73. The fourth-order valence-corrected chi connectivity index (χ4v) is 2.34. The number of nitrogens with zero attached hydrogens (tertiary/aromatic N) is 1. The maximum absolute atomic E-state index is 13.0. The summed E-state index contributed by atoms with van der Waals surface area (Å²) in [6.45, 7) is 3.25. The largest absolute Gasteiger partial charge is 0.462 e. The summed E-state index contributed by atoms with van der Waals surface area (Å²) >= 11 is 0. The third kappa shape index (κ3) is 3.81. The predicted molar refractivity (Wildman–Crippen MR) is 87.1 cm³/mol. The van der Waals surface area contributed by atoms with E-state index in [1.807, 2.05) is 0 Å². The smallest absolute Gasteiger partial charge is 0.416 e. The molecular formula is C17H17F3N2O4. The van der Waals surface area contributed by atoms with Crippen LogP contribution < -0.4 is 5.73 Å². The number of aromatic nitrogens is 1. The summed E-state index contributed by atoms with van der Waals surface area (Å²) in [6, 6.07) is 4.28. The SMILES string of the molecule is CCOC(=O)c1cn(-c2cccc(C(F)(F)F)c2)c(C(=O)OCC)c1N.